The van der Waals surface area contributed by atoms with Crippen LogP contribution >= 0.6 is 11.3 Å². The topological polar surface area (TPSA) is 15.8 Å². The highest BCUT2D eigenvalue weighted by atomic mass is 32.1. The highest BCUT2D eigenvalue weighted by molar-refractivity contribution is 7.13. The van der Waals surface area contributed by atoms with Gasteiger partial charge in [-0.25, -0.2) is 0 Å². The fourth-order valence-electron chi connectivity index (χ4n) is 1.76. The SMILES string of the molecule is c1ccc(-c2ccc(-c3cccs3)[nH]2)cc1. The molecule has 0 aliphatic heterocycles. The predicted octanol–water partition coefficient (Wildman–Crippen LogP) is 4.41. The van der Waals surface area contributed by atoms with Gasteiger partial charge in [-0.05, 0) is 29.1 Å². The molecule has 0 bridgehead atoms. The van der Waals surface area contributed by atoms with Crippen molar-refractivity contribution >= 4 is 11.3 Å². The number of benzene rings is 1. The minimum atomic E-state index is 1.17. The van der Waals surface area contributed by atoms with Crippen LogP contribution in [0.1, 0.15) is 0 Å². The average Bonchev–Trinajstić information content (AvgIpc) is 3.01. The second kappa shape index (κ2) is 3.99. The summed E-state index contributed by atoms with van der Waals surface area (Å²) in [6, 6.07) is 18.8. The first-order valence-corrected chi connectivity index (χ1v) is 6.10. The predicted molar refractivity (Wildman–Crippen MR) is 69.5 cm³/mol. The number of H-pyrrole nitrogens is 1. The fraction of sp³-hybridized carbons (Fsp3) is 0. The highest BCUT2D eigenvalue weighted by Gasteiger charge is 2.03. The van der Waals surface area contributed by atoms with Crippen molar-refractivity contribution in [2.75, 3.05) is 0 Å². The Morgan fingerprint density at radius 3 is 2.31 bits per heavy atom. The number of aromatic nitrogens is 1. The van der Waals surface area contributed by atoms with Gasteiger partial charge in [-0.1, -0.05) is 36.4 Å². The van der Waals surface area contributed by atoms with Gasteiger partial charge >= 0.3 is 0 Å². The smallest absolute Gasteiger partial charge is 0.0560 e. The van der Waals surface area contributed by atoms with Crippen LogP contribution in [0.5, 0.6) is 0 Å². The molecule has 1 aromatic carbocycles. The summed E-state index contributed by atoms with van der Waals surface area (Å²) in [6.45, 7) is 0. The van der Waals surface area contributed by atoms with Crippen LogP contribution in [0.2, 0.25) is 0 Å². The molecule has 0 aliphatic carbocycles. The molecule has 0 saturated heterocycles. The number of rotatable bonds is 2. The maximum atomic E-state index is 3.44. The van der Waals surface area contributed by atoms with E-state index >= 15 is 0 Å². The molecule has 1 nitrogen and oxygen atoms in total. The molecule has 2 heterocycles. The molecule has 0 amide bonds. The van der Waals surface area contributed by atoms with Gasteiger partial charge < -0.3 is 4.98 Å². The summed E-state index contributed by atoms with van der Waals surface area (Å²) in [5.41, 5.74) is 3.59. The first-order chi connectivity index (χ1) is 7.93. The molecule has 0 radical (unpaired) electrons. The Balaban J connectivity index is 2.00. The zero-order valence-electron chi connectivity index (χ0n) is 8.68. The Morgan fingerprint density at radius 2 is 1.56 bits per heavy atom. The van der Waals surface area contributed by atoms with Crippen LogP contribution in [0.15, 0.2) is 60.0 Å². The molecular formula is C14H11NS. The Labute approximate surface area is 98.4 Å². The Kier molecular flexibility index (Phi) is 2.35. The molecule has 0 atom stereocenters. The van der Waals surface area contributed by atoms with Crippen LogP contribution in [0.25, 0.3) is 21.8 Å². The van der Waals surface area contributed by atoms with Gasteiger partial charge in [0.25, 0.3) is 0 Å². The van der Waals surface area contributed by atoms with E-state index in [1.165, 1.54) is 21.8 Å². The molecule has 2 heteroatoms. The number of hydrogen-bond donors (Lipinski definition) is 1. The van der Waals surface area contributed by atoms with E-state index in [2.05, 4.69) is 58.9 Å². The van der Waals surface area contributed by atoms with Crippen molar-refractivity contribution in [2.45, 2.75) is 0 Å². The maximum Gasteiger partial charge on any atom is 0.0560 e. The summed E-state index contributed by atoms with van der Waals surface area (Å²) < 4.78 is 0. The Bertz CT molecular complexity index is 564. The number of nitrogens with one attached hydrogen (secondary N) is 1. The molecule has 78 valence electrons. The molecule has 0 spiro atoms. The number of hydrogen-bond acceptors (Lipinski definition) is 1. The Morgan fingerprint density at radius 1 is 0.750 bits per heavy atom. The van der Waals surface area contributed by atoms with E-state index in [9.17, 15) is 0 Å². The molecule has 3 rings (SSSR count). The van der Waals surface area contributed by atoms with E-state index in [-0.39, 0.29) is 0 Å². The summed E-state index contributed by atoms with van der Waals surface area (Å²) in [5, 5.41) is 2.10. The first kappa shape index (κ1) is 9.43. The van der Waals surface area contributed by atoms with Gasteiger partial charge in [-0.3, -0.25) is 0 Å². The minimum Gasteiger partial charge on any atom is -0.354 e. The zero-order valence-corrected chi connectivity index (χ0v) is 9.50. The summed E-state index contributed by atoms with van der Waals surface area (Å²) >= 11 is 1.75. The molecule has 1 N–H and O–H groups in total. The van der Waals surface area contributed by atoms with E-state index in [0.717, 1.165) is 0 Å². The van der Waals surface area contributed by atoms with Crippen LogP contribution in [-0.2, 0) is 0 Å². The molecule has 0 saturated carbocycles. The van der Waals surface area contributed by atoms with Crippen molar-refractivity contribution in [1.29, 1.82) is 0 Å². The third-order valence-electron chi connectivity index (χ3n) is 2.56. The lowest BCUT2D eigenvalue weighted by Crippen LogP contribution is -1.76. The van der Waals surface area contributed by atoms with Crippen molar-refractivity contribution in [2.24, 2.45) is 0 Å². The zero-order chi connectivity index (χ0) is 10.8. The molecule has 0 unspecified atom stereocenters. The van der Waals surface area contributed by atoms with Gasteiger partial charge in [0.15, 0.2) is 0 Å². The third kappa shape index (κ3) is 1.68. The summed E-state index contributed by atoms with van der Waals surface area (Å²) in [5.74, 6) is 0. The second-order valence-electron chi connectivity index (χ2n) is 3.63. The molecule has 16 heavy (non-hydrogen) atoms. The minimum absolute atomic E-state index is 1.17. The fourth-order valence-corrected chi connectivity index (χ4v) is 2.46. The normalized spacial score (nSPS) is 10.5. The first-order valence-electron chi connectivity index (χ1n) is 5.22. The van der Waals surface area contributed by atoms with Crippen molar-refractivity contribution in [3.63, 3.8) is 0 Å². The van der Waals surface area contributed by atoms with Crippen LogP contribution in [-0.4, -0.2) is 4.98 Å². The van der Waals surface area contributed by atoms with Crippen LogP contribution in [0.3, 0.4) is 0 Å². The quantitative estimate of drug-likeness (QED) is 0.665. The molecule has 2 aromatic heterocycles. The lowest BCUT2D eigenvalue weighted by Gasteiger charge is -1.96. The maximum absolute atomic E-state index is 3.44. The van der Waals surface area contributed by atoms with E-state index in [1.54, 1.807) is 11.3 Å². The van der Waals surface area contributed by atoms with Gasteiger partial charge in [0, 0.05) is 5.69 Å². The molecule has 0 aliphatic rings. The van der Waals surface area contributed by atoms with Gasteiger partial charge in [0.1, 0.15) is 0 Å². The lowest BCUT2D eigenvalue weighted by molar-refractivity contribution is 1.41. The summed E-state index contributed by atoms with van der Waals surface area (Å²) in [6.07, 6.45) is 0. The van der Waals surface area contributed by atoms with Crippen LogP contribution in [0, 0.1) is 0 Å². The van der Waals surface area contributed by atoms with E-state index in [0.29, 0.717) is 0 Å². The van der Waals surface area contributed by atoms with Crippen molar-refractivity contribution in [3.8, 4) is 21.8 Å². The standard InChI is InChI=1S/C14H11NS/c1-2-5-11(6-3-1)12-8-9-13(15-12)14-7-4-10-16-14/h1-10,15H. The largest absolute Gasteiger partial charge is 0.354 e. The van der Waals surface area contributed by atoms with Crippen LogP contribution in [0.4, 0.5) is 0 Å². The van der Waals surface area contributed by atoms with E-state index in [1.807, 2.05) is 6.07 Å². The van der Waals surface area contributed by atoms with Crippen molar-refractivity contribution < 1.29 is 0 Å². The van der Waals surface area contributed by atoms with Crippen LogP contribution < -0.4 is 0 Å². The van der Waals surface area contributed by atoms with Gasteiger partial charge in [0.2, 0.25) is 0 Å². The molecule has 3 aromatic rings. The number of aromatic amines is 1. The highest BCUT2D eigenvalue weighted by Crippen LogP contribution is 2.27. The van der Waals surface area contributed by atoms with E-state index in [4.69, 9.17) is 0 Å². The summed E-state index contributed by atoms with van der Waals surface area (Å²) in [7, 11) is 0. The molecular weight excluding hydrogens is 214 g/mol. The van der Waals surface area contributed by atoms with E-state index < -0.39 is 0 Å². The van der Waals surface area contributed by atoms with Gasteiger partial charge in [0.05, 0.1) is 10.6 Å². The average molecular weight is 225 g/mol. The summed E-state index contributed by atoms with van der Waals surface area (Å²) in [4.78, 5) is 4.72. The van der Waals surface area contributed by atoms with Crippen molar-refractivity contribution in [3.05, 3.63) is 60.0 Å². The van der Waals surface area contributed by atoms with Gasteiger partial charge in [-0.2, -0.15) is 0 Å². The Hall–Kier alpha value is -1.80. The van der Waals surface area contributed by atoms with Crippen molar-refractivity contribution in [1.82, 2.24) is 4.98 Å². The third-order valence-corrected chi connectivity index (χ3v) is 3.46. The lowest BCUT2D eigenvalue weighted by atomic mass is 10.2. The van der Waals surface area contributed by atoms with Gasteiger partial charge in [-0.15, -0.1) is 11.3 Å². The number of thiophene rings is 1. The monoisotopic (exact) mass is 225 g/mol. The molecule has 0 fully saturated rings. The second-order valence-corrected chi connectivity index (χ2v) is 4.58.